The maximum atomic E-state index is 14.6. The highest BCUT2D eigenvalue weighted by Crippen LogP contribution is 2.44. The van der Waals surface area contributed by atoms with E-state index in [9.17, 15) is 19.2 Å². The van der Waals surface area contributed by atoms with E-state index in [1.807, 2.05) is 56.7 Å². The molecular formula is C50H62N8O8. The minimum absolute atomic E-state index is 0.0195. The second-order valence-electron chi connectivity index (χ2n) is 19.2. The number of H-pyrrole nitrogens is 2. The van der Waals surface area contributed by atoms with Crippen LogP contribution in [0.1, 0.15) is 109 Å². The van der Waals surface area contributed by atoms with Crippen LogP contribution in [0.25, 0.3) is 44.2 Å². The first kappa shape index (κ1) is 45.0. The number of aromatic nitrogens is 4. The zero-order chi connectivity index (χ0) is 46.6. The number of amides is 4. The summed E-state index contributed by atoms with van der Waals surface area (Å²) in [5.74, 6) is 1.98. The van der Waals surface area contributed by atoms with Crippen molar-refractivity contribution in [2.45, 2.75) is 129 Å². The lowest BCUT2D eigenvalue weighted by Gasteiger charge is -2.38. The number of methoxy groups -OCH3 is 2. The Morgan fingerprint density at radius 1 is 0.864 bits per heavy atom. The highest BCUT2D eigenvalue weighted by atomic mass is 16.5. The SMILES string of the molecule is CC[C@H]1C[C@@H](c2nc3ccc4cc5c(cc4c3[nH]2)OCc2cc(-c3cnc([C@@H]4CC[C@H](C)N4C(=O)[C@@H](NC(=O)OC)C(C)C)[nH]3)ccc2-5)N(C(=O)[C@@H](NC(=O)OC)C2C[C@@H](C)O[C@H](C)C2)C1. The van der Waals surface area contributed by atoms with Crippen LogP contribution in [0.15, 0.2) is 48.7 Å². The zero-order valence-corrected chi connectivity index (χ0v) is 39.1. The molecule has 0 radical (unpaired) electrons. The maximum absolute atomic E-state index is 14.6. The van der Waals surface area contributed by atoms with Crippen LogP contribution in [0.2, 0.25) is 0 Å². The van der Waals surface area contributed by atoms with Crippen molar-refractivity contribution in [3.63, 3.8) is 0 Å². The topological polar surface area (TPSA) is 193 Å². The van der Waals surface area contributed by atoms with E-state index < -0.39 is 24.3 Å². The third kappa shape index (κ3) is 8.44. The first-order valence-corrected chi connectivity index (χ1v) is 23.5. The number of alkyl carbamates (subject to hydrolysis) is 2. The molecule has 4 amide bonds. The highest BCUT2D eigenvalue weighted by molar-refractivity contribution is 6.07. The predicted molar refractivity (Wildman–Crippen MR) is 248 cm³/mol. The summed E-state index contributed by atoms with van der Waals surface area (Å²) >= 11 is 0. The molecule has 3 aromatic carbocycles. The smallest absolute Gasteiger partial charge is 0.407 e. The van der Waals surface area contributed by atoms with Crippen LogP contribution in [0.5, 0.6) is 5.75 Å². The van der Waals surface area contributed by atoms with Gasteiger partial charge in [0.05, 0.1) is 61.4 Å². The number of nitrogens with zero attached hydrogens (tertiary/aromatic N) is 4. The van der Waals surface area contributed by atoms with Crippen LogP contribution in [0, 0.1) is 17.8 Å². The number of carbonyl (C=O) groups excluding carboxylic acids is 4. The Bertz CT molecular complexity index is 2650. The molecule has 0 bridgehead atoms. The van der Waals surface area contributed by atoms with Crippen LogP contribution in [-0.4, -0.2) is 105 Å². The number of hydrogen-bond donors (Lipinski definition) is 4. The van der Waals surface area contributed by atoms with E-state index >= 15 is 0 Å². The Labute approximate surface area is 384 Å². The van der Waals surface area contributed by atoms with Crippen molar-refractivity contribution >= 4 is 45.8 Å². The number of benzene rings is 3. The molecule has 0 aliphatic carbocycles. The Hall–Kier alpha value is -6.16. The molecule has 5 aromatic rings. The van der Waals surface area contributed by atoms with E-state index in [4.69, 9.17) is 28.9 Å². The summed E-state index contributed by atoms with van der Waals surface area (Å²) in [5, 5.41) is 7.64. The lowest BCUT2D eigenvalue weighted by Crippen LogP contribution is -2.54. The van der Waals surface area contributed by atoms with Gasteiger partial charge in [-0.25, -0.2) is 19.6 Å². The van der Waals surface area contributed by atoms with E-state index in [1.54, 1.807) is 0 Å². The highest BCUT2D eigenvalue weighted by Gasteiger charge is 2.45. The number of ether oxygens (including phenoxy) is 4. The minimum Gasteiger partial charge on any atom is -0.488 e. The van der Waals surface area contributed by atoms with E-state index in [0.29, 0.717) is 31.8 Å². The molecular weight excluding hydrogens is 841 g/mol. The lowest BCUT2D eigenvalue weighted by atomic mass is 9.85. The Kier molecular flexibility index (Phi) is 12.5. The fraction of sp³-hybridized carbons (Fsp3) is 0.520. The number of nitrogens with one attached hydrogen (secondary N) is 4. The molecule has 2 aromatic heterocycles. The van der Waals surface area contributed by atoms with Crippen LogP contribution in [0.3, 0.4) is 0 Å². The Morgan fingerprint density at radius 3 is 2.35 bits per heavy atom. The van der Waals surface area contributed by atoms with E-state index in [1.165, 1.54) is 14.2 Å². The van der Waals surface area contributed by atoms with Gasteiger partial charge in [0.2, 0.25) is 11.8 Å². The quantitative estimate of drug-likeness (QED) is 0.106. The first-order chi connectivity index (χ1) is 31.7. The monoisotopic (exact) mass is 902 g/mol. The summed E-state index contributed by atoms with van der Waals surface area (Å²) in [7, 11) is 2.62. The summed E-state index contributed by atoms with van der Waals surface area (Å²) < 4.78 is 22.3. The summed E-state index contributed by atoms with van der Waals surface area (Å²) in [4.78, 5) is 74.2. The van der Waals surface area contributed by atoms with Gasteiger partial charge in [-0.2, -0.15) is 0 Å². The van der Waals surface area contributed by atoms with Crippen molar-refractivity contribution in [1.29, 1.82) is 0 Å². The Balaban J connectivity index is 0.971. The number of carbonyl (C=O) groups is 4. The normalized spacial score (nSPS) is 24.7. The second-order valence-corrected chi connectivity index (χ2v) is 19.2. The van der Waals surface area contributed by atoms with Crippen LogP contribution >= 0.6 is 0 Å². The van der Waals surface area contributed by atoms with Crippen molar-refractivity contribution in [3.05, 3.63) is 65.9 Å². The number of imidazole rings is 2. The molecule has 4 aliphatic heterocycles. The summed E-state index contributed by atoms with van der Waals surface area (Å²) in [6.45, 7) is 13.0. The van der Waals surface area contributed by atoms with Gasteiger partial charge in [0.1, 0.15) is 36.1 Å². The summed E-state index contributed by atoms with van der Waals surface area (Å²) in [5.41, 5.74) is 6.60. The molecule has 16 nitrogen and oxygen atoms in total. The number of fused-ring (bicyclic) bond motifs is 6. The minimum atomic E-state index is -0.750. The van der Waals surface area contributed by atoms with Gasteiger partial charge in [-0.05, 0) is 117 Å². The predicted octanol–water partition coefficient (Wildman–Crippen LogP) is 8.33. The Morgan fingerprint density at radius 2 is 1.62 bits per heavy atom. The van der Waals surface area contributed by atoms with Gasteiger partial charge < -0.3 is 49.3 Å². The summed E-state index contributed by atoms with van der Waals surface area (Å²) in [6.07, 6.45) is 5.05. The molecule has 66 heavy (non-hydrogen) atoms. The number of rotatable bonds is 10. The van der Waals surface area contributed by atoms with Gasteiger partial charge in [0, 0.05) is 23.5 Å². The van der Waals surface area contributed by atoms with Gasteiger partial charge >= 0.3 is 12.2 Å². The molecule has 4 N–H and O–H groups in total. The third-order valence-electron chi connectivity index (χ3n) is 14.4. The molecule has 3 fully saturated rings. The van der Waals surface area contributed by atoms with E-state index in [-0.39, 0.29) is 59.9 Å². The van der Waals surface area contributed by atoms with Crippen molar-refractivity contribution in [2.75, 3.05) is 20.8 Å². The van der Waals surface area contributed by atoms with Crippen molar-refractivity contribution in [2.24, 2.45) is 17.8 Å². The van der Waals surface area contributed by atoms with Crippen molar-refractivity contribution in [1.82, 2.24) is 40.4 Å². The van der Waals surface area contributed by atoms with Gasteiger partial charge in [-0.3, -0.25) is 9.59 Å². The van der Waals surface area contributed by atoms with E-state index in [0.717, 1.165) is 87.0 Å². The number of likely N-dealkylation sites (tertiary alicyclic amines) is 2. The van der Waals surface area contributed by atoms with Gasteiger partial charge in [0.25, 0.3) is 0 Å². The van der Waals surface area contributed by atoms with E-state index in [2.05, 4.69) is 63.9 Å². The molecule has 3 saturated heterocycles. The molecule has 9 rings (SSSR count). The molecule has 0 unspecified atom stereocenters. The molecule has 4 aliphatic rings. The van der Waals surface area contributed by atoms with Gasteiger partial charge in [0.15, 0.2) is 0 Å². The average molecular weight is 903 g/mol. The standard InChI is InChI=1S/C50H62N8O8/c1-9-29-18-40(57(23-29)47(59)43(56-50(62)64-8)32-16-27(5)66-28(6)17-32)46-52-37-14-12-30-20-36-34-13-11-31(19-33(34)24-65-41(36)21-35(30)44(37)54-46)38-22-51-45(53-38)39-15-10-26(4)58(39)48(60)42(25(2)3)55-49(61)63-7/h11-14,19-22,25-29,32,39-40,42-43H,9-10,15-18,23-24H2,1-8H3,(H,51,53)(H,52,54)(H,55,61)(H,56,62)/t26-,27+,28+,29-,39-,40-,42-,43-/m0/s1. The molecule has 8 atom stereocenters. The summed E-state index contributed by atoms with van der Waals surface area (Å²) in [6, 6.07) is 12.7. The van der Waals surface area contributed by atoms with Gasteiger partial charge in [-0.1, -0.05) is 45.4 Å². The molecule has 0 spiro atoms. The maximum Gasteiger partial charge on any atom is 0.407 e. The average Bonchev–Trinajstić information content (AvgIpc) is 4.14. The van der Waals surface area contributed by atoms with Crippen LogP contribution in [-0.2, 0) is 30.4 Å². The van der Waals surface area contributed by atoms with Crippen LogP contribution < -0.4 is 15.4 Å². The molecule has 16 heteroatoms. The van der Waals surface area contributed by atoms with Gasteiger partial charge in [-0.15, -0.1) is 0 Å². The number of hydrogen-bond acceptors (Lipinski definition) is 10. The zero-order valence-electron chi connectivity index (χ0n) is 39.1. The molecule has 0 saturated carbocycles. The number of aromatic amines is 2. The fourth-order valence-electron chi connectivity index (χ4n) is 11.0. The first-order valence-electron chi connectivity index (χ1n) is 23.5. The van der Waals surface area contributed by atoms with Crippen molar-refractivity contribution in [3.8, 4) is 28.1 Å². The largest absolute Gasteiger partial charge is 0.488 e. The second kappa shape index (κ2) is 18.3. The van der Waals surface area contributed by atoms with Crippen LogP contribution in [0.4, 0.5) is 9.59 Å². The fourth-order valence-corrected chi connectivity index (χ4v) is 11.0. The van der Waals surface area contributed by atoms with Crippen molar-refractivity contribution < 1.29 is 38.1 Å². The molecule has 350 valence electrons. The lowest BCUT2D eigenvalue weighted by molar-refractivity contribution is -0.139. The molecule has 6 heterocycles. The third-order valence-corrected chi connectivity index (χ3v) is 14.4.